The molecule has 0 amide bonds. The Morgan fingerprint density at radius 2 is 1.71 bits per heavy atom. The zero-order valence-electron chi connectivity index (χ0n) is 9.04. The third-order valence-corrected chi connectivity index (χ3v) is 2.05. The number of hydrogen-bond donors (Lipinski definition) is 1. The maximum absolute atomic E-state index is 5.87. The number of benzene rings is 1. The Bertz CT molecular complexity index is 369. The predicted octanol–water partition coefficient (Wildman–Crippen LogP) is 3.64. The molecule has 1 aromatic carbocycles. The van der Waals surface area contributed by atoms with E-state index in [1.165, 1.54) is 11.1 Å². The Hall–Kier alpha value is -1.50. The second-order valence-corrected chi connectivity index (χ2v) is 3.68. The van der Waals surface area contributed by atoms with Gasteiger partial charge in [-0.2, -0.15) is 0 Å². The minimum atomic E-state index is 0.836. The summed E-state index contributed by atoms with van der Waals surface area (Å²) in [5.41, 5.74) is 10.3. The van der Waals surface area contributed by atoms with Crippen molar-refractivity contribution in [2.45, 2.75) is 20.8 Å². The Balaban J connectivity index is 3.01. The molecular weight excluding hydrogens is 170 g/mol. The third kappa shape index (κ3) is 2.77. The molecule has 0 heterocycles. The molecule has 0 aliphatic heterocycles. The fraction of sp³-hybridized carbons (Fsp3) is 0.231. The molecule has 0 saturated carbocycles. The molecule has 1 rings (SSSR count). The first-order valence-corrected chi connectivity index (χ1v) is 4.78. The fourth-order valence-electron chi connectivity index (χ4n) is 1.24. The average Bonchev–Trinajstić information content (AvgIpc) is 2.15. The summed E-state index contributed by atoms with van der Waals surface area (Å²) < 4.78 is 0. The van der Waals surface area contributed by atoms with E-state index in [0.29, 0.717) is 0 Å². The third-order valence-electron chi connectivity index (χ3n) is 2.05. The van der Waals surface area contributed by atoms with Gasteiger partial charge in [0.2, 0.25) is 0 Å². The summed E-state index contributed by atoms with van der Waals surface area (Å²) in [5, 5.41) is 0. The van der Waals surface area contributed by atoms with Crippen molar-refractivity contribution in [2.24, 2.45) is 0 Å². The van der Waals surface area contributed by atoms with E-state index >= 15 is 0 Å². The van der Waals surface area contributed by atoms with Gasteiger partial charge in [-0.1, -0.05) is 35.9 Å². The van der Waals surface area contributed by atoms with Gasteiger partial charge < -0.3 is 5.73 Å². The average molecular weight is 187 g/mol. The molecule has 0 aliphatic rings. The quantitative estimate of drug-likeness (QED) is 0.555. The second kappa shape index (κ2) is 4.66. The van der Waals surface area contributed by atoms with Gasteiger partial charge in [0.1, 0.15) is 0 Å². The van der Waals surface area contributed by atoms with E-state index in [1.807, 2.05) is 24.3 Å². The number of nitrogen functional groups attached to an aromatic ring is 1. The van der Waals surface area contributed by atoms with Crippen molar-refractivity contribution < 1.29 is 0 Å². The Morgan fingerprint density at radius 1 is 1.07 bits per heavy atom. The van der Waals surface area contributed by atoms with E-state index < -0.39 is 0 Å². The van der Waals surface area contributed by atoms with Gasteiger partial charge in [0, 0.05) is 11.3 Å². The van der Waals surface area contributed by atoms with Crippen LogP contribution in [0.4, 0.5) is 5.69 Å². The van der Waals surface area contributed by atoms with Crippen LogP contribution in [0, 0.1) is 0 Å². The highest BCUT2D eigenvalue weighted by Gasteiger charge is 1.97. The molecule has 1 heteroatoms. The fourth-order valence-corrected chi connectivity index (χ4v) is 1.24. The van der Waals surface area contributed by atoms with Crippen molar-refractivity contribution in [3.8, 4) is 0 Å². The standard InChI is InChI=1S/C13H17N/c1-10(2)8-9-11(3)12-6-4-5-7-13(12)14/h4-9H,14H2,1-3H3/b11-9+. The van der Waals surface area contributed by atoms with Gasteiger partial charge in [-0.05, 0) is 32.4 Å². The van der Waals surface area contributed by atoms with Gasteiger partial charge in [-0.15, -0.1) is 0 Å². The summed E-state index contributed by atoms with van der Waals surface area (Å²) >= 11 is 0. The van der Waals surface area contributed by atoms with Crippen molar-refractivity contribution >= 4 is 11.3 Å². The Labute approximate surface area is 85.9 Å². The summed E-state index contributed by atoms with van der Waals surface area (Å²) in [5.74, 6) is 0. The van der Waals surface area contributed by atoms with Gasteiger partial charge >= 0.3 is 0 Å². The normalized spacial score (nSPS) is 11.2. The maximum Gasteiger partial charge on any atom is 0.0390 e. The maximum atomic E-state index is 5.87. The molecule has 1 nitrogen and oxygen atoms in total. The highest BCUT2D eigenvalue weighted by atomic mass is 14.6. The molecule has 1 aromatic rings. The van der Waals surface area contributed by atoms with Crippen LogP contribution in [-0.2, 0) is 0 Å². The first kappa shape index (κ1) is 10.6. The number of para-hydroxylation sites is 1. The number of anilines is 1. The lowest BCUT2D eigenvalue weighted by atomic mass is 10.0. The number of rotatable bonds is 2. The minimum absolute atomic E-state index is 0.836. The zero-order chi connectivity index (χ0) is 10.6. The molecule has 0 unspecified atom stereocenters. The lowest BCUT2D eigenvalue weighted by Crippen LogP contribution is -1.90. The van der Waals surface area contributed by atoms with Gasteiger partial charge in [0.25, 0.3) is 0 Å². The van der Waals surface area contributed by atoms with Gasteiger partial charge in [-0.25, -0.2) is 0 Å². The van der Waals surface area contributed by atoms with Crippen molar-refractivity contribution in [1.82, 2.24) is 0 Å². The van der Waals surface area contributed by atoms with Crippen LogP contribution in [0.15, 0.2) is 42.0 Å². The minimum Gasteiger partial charge on any atom is -0.398 e. The molecule has 74 valence electrons. The molecule has 0 saturated heterocycles. The molecule has 0 spiro atoms. The molecular formula is C13H17N. The Kier molecular flexibility index (Phi) is 3.52. The van der Waals surface area contributed by atoms with E-state index in [0.717, 1.165) is 11.3 Å². The summed E-state index contributed by atoms with van der Waals surface area (Å²) in [6.45, 7) is 6.24. The smallest absolute Gasteiger partial charge is 0.0390 e. The van der Waals surface area contributed by atoms with Crippen LogP contribution >= 0.6 is 0 Å². The molecule has 2 N–H and O–H groups in total. The number of hydrogen-bond acceptors (Lipinski definition) is 1. The highest BCUT2D eigenvalue weighted by molar-refractivity contribution is 5.74. The lowest BCUT2D eigenvalue weighted by Gasteiger charge is -2.04. The van der Waals surface area contributed by atoms with Crippen LogP contribution in [0.25, 0.3) is 5.57 Å². The summed E-state index contributed by atoms with van der Waals surface area (Å²) in [7, 11) is 0. The second-order valence-electron chi connectivity index (χ2n) is 3.68. The van der Waals surface area contributed by atoms with Crippen molar-refractivity contribution in [3.63, 3.8) is 0 Å². The number of allylic oxidation sites excluding steroid dienone is 4. The first-order chi connectivity index (χ1) is 6.61. The highest BCUT2D eigenvalue weighted by Crippen LogP contribution is 2.20. The molecule has 0 fully saturated rings. The topological polar surface area (TPSA) is 26.0 Å². The lowest BCUT2D eigenvalue weighted by molar-refractivity contribution is 1.39. The van der Waals surface area contributed by atoms with E-state index in [1.54, 1.807) is 0 Å². The zero-order valence-corrected chi connectivity index (χ0v) is 9.04. The molecule has 0 bridgehead atoms. The molecule has 0 radical (unpaired) electrons. The van der Waals surface area contributed by atoms with E-state index in [4.69, 9.17) is 5.73 Å². The van der Waals surface area contributed by atoms with E-state index in [2.05, 4.69) is 32.9 Å². The SMILES string of the molecule is CC(C)=C/C=C(\C)c1ccccc1N. The number of nitrogens with two attached hydrogens (primary N) is 1. The van der Waals surface area contributed by atoms with Crippen LogP contribution in [0.2, 0.25) is 0 Å². The van der Waals surface area contributed by atoms with Gasteiger partial charge in [0.05, 0.1) is 0 Å². The largest absolute Gasteiger partial charge is 0.398 e. The summed E-state index contributed by atoms with van der Waals surface area (Å²) in [6.07, 6.45) is 4.20. The van der Waals surface area contributed by atoms with E-state index in [-0.39, 0.29) is 0 Å². The van der Waals surface area contributed by atoms with Gasteiger partial charge in [0.15, 0.2) is 0 Å². The van der Waals surface area contributed by atoms with Crippen LogP contribution < -0.4 is 5.73 Å². The van der Waals surface area contributed by atoms with E-state index in [9.17, 15) is 0 Å². The van der Waals surface area contributed by atoms with Crippen LogP contribution in [0.1, 0.15) is 26.3 Å². The molecule has 0 aromatic heterocycles. The van der Waals surface area contributed by atoms with Crippen molar-refractivity contribution in [1.29, 1.82) is 0 Å². The van der Waals surface area contributed by atoms with Crippen molar-refractivity contribution in [3.05, 3.63) is 47.6 Å². The van der Waals surface area contributed by atoms with Crippen LogP contribution in [-0.4, -0.2) is 0 Å². The first-order valence-electron chi connectivity index (χ1n) is 4.78. The summed E-state index contributed by atoms with van der Waals surface area (Å²) in [6, 6.07) is 7.92. The van der Waals surface area contributed by atoms with Gasteiger partial charge in [-0.3, -0.25) is 0 Å². The Morgan fingerprint density at radius 3 is 2.29 bits per heavy atom. The summed E-state index contributed by atoms with van der Waals surface area (Å²) in [4.78, 5) is 0. The monoisotopic (exact) mass is 187 g/mol. The van der Waals surface area contributed by atoms with Crippen molar-refractivity contribution in [2.75, 3.05) is 5.73 Å². The predicted molar refractivity (Wildman–Crippen MR) is 63.9 cm³/mol. The molecule has 0 atom stereocenters. The van der Waals surface area contributed by atoms with Crippen LogP contribution in [0.3, 0.4) is 0 Å². The molecule has 0 aliphatic carbocycles. The van der Waals surface area contributed by atoms with Crippen LogP contribution in [0.5, 0.6) is 0 Å². The molecule has 14 heavy (non-hydrogen) atoms.